The van der Waals surface area contributed by atoms with Crippen LogP contribution < -0.4 is 10.5 Å². The second-order valence-electron chi connectivity index (χ2n) is 4.51. The second kappa shape index (κ2) is 4.41. The Labute approximate surface area is 102 Å². The van der Waals surface area contributed by atoms with Gasteiger partial charge in [-0.2, -0.15) is 0 Å². The van der Waals surface area contributed by atoms with Gasteiger partial charge < -0.3 is 15.0 Å². The maximum atomic E-state index is 5.68. The molecule has 0 saturated heterocycles. The van der Waals surface area contributed by atoms with Gasteiger partial charge in [-0.3, -0.25) is 0 Å². The normalized spacial score (nSPS) is 11.1. The molecule has 0 saturated carbocycles. The lowest BCUT2D eigenvalue weighted by molar-refractivity contribution is 0.415. The fourth-order valence-corrected chi connectivity index (χ4v) is 2.63. The van der Waals surface area contributed by atoms with E-state index >= 15 is 0 Å². The highest BCUT2D eigenvalue weighted by Crippen LogP contribution is 2.31. The molecule has 0 radical (unpaired) electrons. The smallest absolute Gasteiger partial charge is 0.119 e. The minimum Gasteiger partial charge on any atom is -0.497 e. The van der Waals surface area contributed by atoms with Crippen LogP contribution in [0.25, 0.3) is 10.9 Å². The van der Waals surface area contributed by atoms with Crippen LogP contribution in [0.2, 0.25) is 0 Å². The van der Waals surface area contributed by atoms with Crippen molar-refractivity contribution in [3.63, 3.8) is 0 Å². The maximum Gasteiger partial charge on any atom is 0.119 e. The van der Waals surface area contributed by atoms with Crippen LogP contribution in [0, 0.1) is 13.8 Å². The Morgan fingerprint density at radius 2 is 2.00 bits per heavy atom. The zero-order valence-corrected chi connectivity index (χ0v) is 11.0. The molecule has 0 amide bonds. The Morgan fingerprint density at radius 1 is 1.29 bits per heavy atom. The minimum absolute atomic E-state index is 0.682. The summed E-state index contributed by atoms with van der Waals surface area (Å²) in [5.41, 5.74) is 10.8. The van der Waals surface area contributed by atoms with E-state index in [1.165, 1.54) is 27.7 Å². The number of fused-ring (bicyclic) bond motifs is 1. The first-order valence-electron chi connectivity index (χ1n) is 5.92. The largest absolute Gasteiger partial charge is 0.497 e. The molecule has 0 bridgehead atoms. The first-order valence-corrected chi connectivity index (χ1v) is 5.92. The van der Waals surface area contributed by atoms with Crippen molar-refractivity contribution in [3.8, 4) is 5.75 Å². The Kier molecular flexibility index (Phi) is 3.11. The van der Waals surface area contributed by atoms with Gasteiger partial charge in [-0.25, -0.2) is 0 Å². The minimum atomic E-state index is 0.682. The molecular formula is C14H20N2O. The van der Waals surface area contributed by atoms with Gasteiger partial charge in [0.2, 0.25) is 0 Å². The number of hydrogen-bond acceptors (Lipinski definition) is 2. The van der Waals surface area contributed by atoms with Crippen LogP contribution >= 0.6 is 0 Å². The van der Waals surface area contributed by atoms with Crippen molar-refractivity contribution in [1.29, 1.82) is 0 Å². The van der Waals surface area contributed by atoms with Gasteiger partial charge in [0.1, 0.15) is 5.75 Å². The molecule has 2 rings (SSSR count). The van der Waals surface area contributed by atoms with Crippen LogP contribution in [0.15, 0.2) is 12.1 Å². The Morgan fingerprint density at radius 3 is 2.59 bits per heavy atom. The van der Waals surface area contributed by atoms with Crippen molar-refractivity contribution in [2.24, 2.45) is 12.8 Å². The molecule has 0 unspecified atom stereocenters. The van der Waals surface area contributed by atoms with Gasteiger partial charge in [-0.15, -0.1) is 0 Å². The predicted octanol–water partition coefficient (Wildman–Crippen LogP) is 2.30. The van der Waals surface area contributed by atoms with E-state index < -0.39 is 0 Å². The quantitative estimate of drug-likeness (QED) is 0.882. The zero-order valence-electron chi connectivity index (χ0n) is 11.0. The molecule has 2 N–H and O–H groups in total. The molecule has 3 heteroatoms. The van der Waals surface area contributed by atoms with Crippen molar-refractivity contribution in [1.82, 2.24) is 4.57 Å². The summed E-state index contributed by atoms with van der Waals surface area (Å²) in [6.07, 6.45) is 0.915. The van der Waals surface area contributed by atoms with Gasteiger partial charge in [0, 0.05) is 24.5 Å². The van der Waals surface area contributed by atoms with E-state index in [4.69, 9.17) is 10.5 Å². The topological polar surface area (TPSA) is 40.2 Å². The molecule has 0 atom stereocenters. The molecule has 3 nitrogen and oxygen atoms in total. The number of nitrogens with two attached hydrogens (primary N) is 1. The number of rotatable bonds is 3. The number of aromatic nitrogens is 1. The molecular weight excluding hydrogens is 212 g/mol. The van der Waals surface area contributed by atoms with Gasteiger partial charge in [0.25, 0.3) is 0 Å². The number of hydrogen-bond donors (Lipinski definition) is 1. The van der Waals surface area contributed by atoms with E-state index in [1.54, 1.807) is 7.11 Å². The zero-order chi connectivity index (χ0) is 12.6. The molecule has 0 fully saturated rings. The number of methoxy groups -OCH3 is 1. The average Bonchev–Trinajstić information content (AvgIpc) is 2.55. The Balaban J connectivity index is 2.77. The van der Waals surface area contributed by atoms with Crippen molar-refractivity contribution < 1.29 is 4.74 Å². The molecule has 1 heterocycles. The van der Waals surface area contributed by atoms with Crippen LogP contribution in [0.5, 0.6) is 5.75 Å². The molecule has 0 aliphatic heterocycles. The molecule has 92 valence electrons. The molecule has 1 aromatic heterocycles. The van der Waals surface area contributed by atoms with Crippen LogP contribution in [0.3, 0.4) is 0 Å². The van der Waals surface area contributed by atoms with Gasteiger partial charge >= 0.3 is 0 Å². The van der Waals surface area contributed by atoms with Gasteiger partial charge in [0.15, 0.2) is 0 Å². The monoisotopic (exact) mass is 232 g/mol. The van der Waals surface area contributed by atoms with Crippen molar-refractivity contribution >= 4 is 10.9 Å². The van der Waals surface area contributed by atoms with E-state index in [0.29, 0.717) is 6.54 Å². The van der Waals surface area contributed by atoms with E-state index in [1.807, 2.05) is 0 Å². The van der Waals surface area contributed by atoms with Crippen LogP contribution in [-0.4, -0.2) is 18.2 Å². The summed E-state index contributed by atoms with van der Waals surface area (Å²) in [5.74, 6) is 0.919. The van der Waals surface area contributed by atoms with Gasteiger partial charge in [0.05, 0.1) is 12.6 Å². The van der Waals surface area contributed by atoms with Crippen LogP contribution in [0.4, 0.5) is 0 Å². The Hall–Kier alpha value is -1.48. The number of ether oxygens (including phenoxy) is 1. The number of aryl methyl sites for hydroxylation is 3. The van der Waals surface area contributed by atoms with E-state index in [0.717, 1.165) is 12.2 Å². The molecule has 0 spiro atoms. The average molecular weight is 232 g/mol. The standard InChI is InChI=1S/C14H20N2O/c1-9-7-11(17-4)8-12-10(2)13(5-6-15)16(3)14(9)12/h7-8H,5-6,15H2,1-4H3. The molecule has 2 aromatic rings. The fraction of sp³-hybridized carbons (Fsp3) is 0.429. The summed E-state index contributed by atoms with van der Waals surface area (Å²) in [7, 11) is 3.82. The highest BCUT2D eigenvalue weighted by Gasteiger charge is 2.13. The van der Waals surface area contributed by atoms with E-state index in [2.05, 4.69) is 37.6 Å². The first-order chi connectivity index (χ1) is 8.10. The van der Waals surface area contributed by atoms with Crippen molar-refractivity contribution in [2.75, 3.05) is 13.7 Å². The number of nitrogens with zero attached hydrogens (tertiary/aromatic N) is 1. The third-order valence-electron chi connectivity index (χ3n) is 3.47. The summed E-state index contributed by atoms with van der Waals surface area (Å²) in [6, 6.07) is 4.19. The summed E-state index contributed by atoms with van der Waals surface area (Å²) in [5, 5.41) is 1.27. The van der Waals surface area contributed by atoms with Gasteiger partial charge in [-0.1, -0.05) is 0 Å². The molecule has 0 aliphatic carbocycles. The van der Waals surface area contributed by atoms with E-state index in [9.17, 15) is 0 Å². The van der Waals surface area contributed by atoms with Crippen LogP contribution in [0.1, 0.15) is 16.8 Å². The highest BCUT2D eigenvalue weighted by atomic mass is 16.5. The van der Waals surface area contributed by atoms with Crippen LogP contribution in [-0.2, 0) is 13.5 Å². The van der Waals surface area contributed by atoms with Gasteiger partial charge in [-0.05, 0) is 43.7 Å². The Bertz CT molecular complexity index is 555. The lowest BCUT2D eigenvalue weighted by atomic mass is 10.1. The summed E-state index contributed by atoms with van der Waals surface area (Å²) >= 11 is 0. The summed E-state index contributed by atoms with van der Waals surface area (Å²) in [4.78, 5) is 0. The van der Waals surface area contributed by atoms with Crippen molar-refractivity contribution in [3.05, 3.63) is 29.0 Å². The summed E-state index contributed by atoms with van der Waals surface area (Å²) in [6.45, 7) is 4.96. The SMILES string of the molecule is COc1cc(C)c2c(c1)c(C)c(CCN)n2C. The molecule has 17 heavy (non-hydrogen) atoms. The third kappa shape index (κ3) is 1.80. The highest BCUT2D eigenvalue weighted by molar-refractivity contribution is 5.89. The fourth-order valence-electron chi connectivity index (χ4n) is 2.63. The lowest BCUT2D eigenvalue weighted by Gasteiger charge is -2.06. The number of benzene rings is 1. The molecule has 0 aliphatic rings. The maximum absolute atomic E-state index is 5.68. The van der Waals surface area contributed by atoms with Crippen molar-refractivity contribution in [2.45, 2.75) is 20.3 Å². The predicted molar refractivity (Wildman–Crippen MR) is 71.7 cm³/mol. The summed E-state index contributed by atoms with van der Waals surface area (Å²) < 4.78 is 7.59. The van der Waals surface area contributed by atoms with E-state index in [-0.39, 0.29) is 0 Å². The third-order valence-corrected chi connectivity index (χ3v) is 3.47. The first kappa shape index (κ1) is 12.0. The molecule has 1 aromatic carbocycles. The second-order valence-corrected chi connectivity index (χ2v) is 4.51. The lowest BCUT2D eigenvalue weighted by Crippen LogP contribution is -2.07.